The number of phenolic OH excluding ortho intramolecular Hbond substituents is 1. The fraction of sp³-hybridized carbons (Fsp3) is 0.133. The van der Waals surface area contributed by atoms with Gasteiger partial charge in [0.15, 0.2) is 0 Å². The van der Waals surface area contributed by atoms with Gasteiger partial charge in [-0.25, -0.2) is 9.97 Å². The number of benzene rings is 3. The van der Waals surface area contributed by atoms with Crippen LogP contribution in [0.1, 0.15) is 22.8 Å². The minimum absolute atomic E-state index is 0.0602. The Morgan fingerprint density at radius 3 is 2.59 bits per heavy atom. The van der Waals surface area contributed by atoms with Crippen LogP contribution in [0.2, 0.25) is 0 Å². The molecule has 3 N–H and O–H groups in total. The van der Waals surface area contributed by atoms with E-state index < -0.39 is 0 Å². The summed E-state index contributed by atoms with van der Waals surface area (Å²) >= 11 is 0. The highest BCUT2D eigenvalue weighted by atomic mass is 16.5. The van der Waals surface area contributed by atoms with E-state index in [1.165, 1.54) is 0 Å². The van der Waals surface area contributed by atoms with Crippen LogP contribution in [0.25, 0.3) is 33.5 Å². The van der Waals surface area contributed by atoms with Crippen molar-refractivity contribution in [3.63, 3.8) is 0 Å². The summed E-state index contributed by atoms with van der Waals surface area (Å²) in [6, 6.07) is 21.1. The number of phenols is 1. The number of methoxy groups -OCH3 is 1. The number of amides is 1. The van der Waals surface area contributed by atoms with E-state index in [4.69, 9.17) is 9.47 Å². The van der Waals surface area contributed by atoms with E-state index >= 15 is 0 Å². The first-order chi connectivity index (χ1) is 18.9. The molecule has 2 aromatic heterocycles. The van der Waals surface area contributed by atoms with Crippen LogP contribution < -0.4 is 10.1 Å². The minimum Gasteiger partial charge on any atom is -0.507 e. The molecule has 3 aromatic carbocycles. The third-order valence-corrected chi connectivity index (χ3v) is 6.14. The third kappa shape index (κ3) is 5.57. The highest BCUT2D eigenvalue weighted by molar-refractivity contribution is 6.06. The summed E-state index contributed by atoms with van der Waals surface area (Å²) in [4.78, 5) is 36.7. The molecule has 0 saturated carbocycles. The molecule has 0 saturated heterocycles. The van der Waals surface area contributed by atoms with E-state index in [1.807, 2.05) is 18.2 Å². The number of nitrogens with zero attached hydrogens (tertiary/aromatic N) is 2. The molecule has 196 valence electrons. The summed E-state index contributed by atoms with van der Waals surface area (Å²) in [5, 5.41) is 13.5. The normalized spacial score (nSPS) is 10.8. The second-order valence-electron chi connectivity index (χ2n) is 8.74. The highest BCUT2D eigenvalue weighted by Gasteiger charge is 2.15. The van der Waals surface area contributed by atoms with Crippen molar-refractivity contribution in [1.29, 1.82) is 0 Å². The third-order valence-electron chi connectivity index (χ3n) is 6.14. The van der Waals surface area contributed by atoms with Crippen molar-refractivity contribution in [1.82, 2.24) is 15.0 Å². The number of aromatic amines is 1. The number of esters is 1. The molecule has 0 bridgehead atoms. The number of pyridine rings is 1. The lowest BCUT2D eigenvalue weighted by atomic mass is 10.0. The summed E-state index contributed by atoms with van der Waals surface area (Å²) in [5.41, 5.74) is 5.22. The molecule has 0 aliphatic heterocycles. The SMILES string of the molecule is CCOC(=O)Cc1ccc(NC(=O)c2ccc3nc(-c4cc(-c5cccnc5OC)ccc4O)[nH]c3c2)cc1. The molecule has 0 unspecified atom stereocenters. The molecular weight excluding hydrogens is 496 g/mol. The molecule has 9 heteroatoms. The zero-order chi connectivity index (χ0) is 27.4. The van der Waals surface area contributed by atoms with Gasteiger partial charge in [0.1, 0.15) is 11.6 Å². The number of H-pyrrole nitrogens is 1. The van der Waals surface area contributed by atoms with Crippen LogP contribution in [0, 0.1) is 0 Å². The van der Waals surface area contributed by atoms with Crippen molar-refractivity contribution in [3.05, 3.63) is 90.1 Å². The average molecular weight is 523 g/mol. The van der Waals surface area contributed by atoms with Crippen LogP contribution in [-0.2, 0) is 16.0 Å². The molecule has 0 fully saturated rings. The molecule has 5 rings (SSSR count). The number of nitrogens with one attached hydrogen (secondary N) is 2. The van der Waals surface area contributed by atoms with Gasteiger partial charge in [-0.3, -0.25) is 9.59 Å². The predicted octanol–water partition coefficient (Wildman–Crippen LogP) is 5.36. The Kier molecular flexibility index (Phi) is 7.22. The fourth-order valence-electron chi connectivity index (χ4n) is 4.23. The molecule has 0 radical (unpaired) electrons. The van der Waals surface area contributed by atoms with Crippen molar-refractivity contribution in [2.24, 2.45) is 0 Å². The Labute approximate surface area is 224 Å². The largest absolute Gasteiger partial charge is 0.507 e. The number of anilines is 1. The van der Waals surface area contributed by atoms with E-state index in [2.05, 4.69) is 20.3 Å². The van der Waals surface area contributed by atoms with E-state index in [0.717, 1.165) is 16.7 Å². The topological polar surface area (TPSA) is 126 Å². The first-order valence-corrected chi connectivity index (χ1v) is 12.3. The predicted molar refractivity (Wildman–Crippen MR) is 148 cm³/mol. The average Bonchev–Trinajstić information content (AvgIpc) is 3.38. The zero-order valence-electron chi connectivity index (χ0n) is 21.4. The maximum atomic E-state index is 12.9. The van der Waals surface area contributed by atoms with Gasteiger partial charge in [-0.15, -0.1) is 0 Å². The number of rotatable bonds is 8. The number of ether oxygens (including phenoxy) is 2. The van der Waals surface area contributed by atoms with Crippen LogP contribution in [-0.4, -0.2) is 45.7 Å². The molecular formula is C30H26N4O5. The number of hydrogen-bond acceptors (Lipinski definition) is 7. The van der Waals surface area contributed by atoms with Gasteiger partial charge in [-0.1, -0.05) is 18.2 Å². The molecule has 1 amide bonds. The maximum absolute atomic E-state index is 12.9. The first-order valence-electron chi connectivity index (χ1n) is 12.3. The molecule has 39 heavy (non-hydrogen) atoms. The lowest BCUT2D eigenvalue weighted by Gasteiger charge is -2.09. The van der Waals surface area contributed by atoms with Crippen molar-refractivity contribution in [2.75, 3.05) is 19.0 Å². The summed E-state index contributed by atoms with van der Waals surface area (Å²) in [5.74, 6) is 0.410. The maximum Gasteiger partial charge on any atom is 0.310 e. The van der Waals surface area contributed by atoms with Crippen LogP contribution >= 0.6 is 0 Å². The monoisotopic (exact) mass is 522 g/mol. The van der Waals surface area contributed by atoms with Gasteiger partial charge in [0.25, 0.3) is 5.91 Å². The fourth-order valence-corrected chi connectivity index (χ4v) is 4.23. The number of hydrogen-bond donors (Lipinski definition) is 3. The summed E-state index contributed by atoms with van der Waals surface area (Å²) < 4.78 is 10.3. The van der Waals surface area contributed by atoms with E-state index in [0.29, 0.717) is 46.2 Å². The van der Waals surface area contributed by atoms with E-state index in [1.54, 1.807) is 74.8 Å². The Bertz CT molecular complexity index is 1660. The molecule has 2 heterocycles. The number of imidazole rings is 1. The molecule has 9 nitrogen and oxygen atoms in total. The van der Waals surface area contributed by atoms with Gasteiger partial charge in [0.05, 0.1) is 36.7 Å². The lowest BCUT2D eigenvalue weighted by molar-refractivity contribution is -0.142. The number of aromatic nitrogens is 3. The minimum atomic E-state index is -0.293. The van der Waals surface area contributed by atoms with Gasteiger partial charge in [0.2, 0.25) is 5.88 Å². The van der Waals surface area contributed by atoms with Crippen LogP contribution in [0.5, 0.6) is 11.6 Å². The van der Waals surface area contributed by atoms with Crippen LogP contribution in [0.4, 0.5) is 5.69 Å². The molecule has 0 atom stereocenters. The second-order valence-corrected chi connectivity index (χ2v) is 8.74. The molecule has 0 spiro atoms. The van der Waals surface area contributed by atoms with Crippen molar-refractivity contribution in [3.8, 4) is 34.1 Å². The van der Waals surface area contributed by atoms with Crippen molar-refractivity contribution in [2.45, 2.75) is 13.3 Å². The Balaban J connectivity index is 1.36. The number of fused-ring (bicyclic) bond motifs is 1. The number of carbonyl (C=O) groups is 2. The van der Waals surface area contributed by atoms with Crippen molar-refractivity contribution < 1.29 is 24.2 Å². The van der Waals surface area contributed by atoms with Gasteiger partial charge in [0, 0.05) is 23.0 Å². The highest BCUT2D eigenvalue weighted by Crippen LogP contribution is 2.35. The molecule has 5 aromatic rings. The standard InChI is InChI=1S/C30H26N4O5/c1-3-39-27(36)15-18-6-10-21(11-7-18)32-29(37)20-8-12-24-25(17-20)34-28(33-24)23-16-19(9-13-26(23)35)22-5-4-14-31-30(22)38-2/h4-14,16-17,35H,3,15H2,1-2H3,(H,32,37)(H,33,34). The van der Waals surface area contributed by atoms with Crippen LogP contribution in [0.3, 0.4) is 0 Å². The summed E-state index contributed by atoms with van der Waals surface area (Å²) in [6.07, 6.45) is 1.83. The number of carbonyl (C=O) groups excluding carboxylic acids is 2. The van der Waals surface area contributed by atoms with E-state index in [-0.39, 0.29) is 24.0 Å². The van der Waals surface area contributed by atoms with Crippen molar-refractivity contribution >= 4 is 28.6 Å². The summed E-state index contributed by atoms with van der Waals surface area (Å²) in [6.45, 7) is 2.10. The summed E-state index contributed by atoms with van der Waals surface area (Å²) in [7, 11) is 1.56. The van der Waals surface area contributed by atoms with E-state index in [9.17, 15) is 14.7 Å². The molecule has 0 aliphatic carbocycles. The zero-order valence-corrected chi connectivity index (χ0v) is 21.4. The smallest absolute Gasteiger partial charge is 0.310 e. The quantitative estimate of drug-likeness (QED) is 0.234. The van der Waals surface area contributed by atoms with Gasteiger partial charge < -0.3 is 24.9 Å². The Morgan fingerprint density at radius 1 is 1.00 bits per heavy atom. The first kappa shape index (κ1) is 25.5. The van der Waals surface area contributed by atoms with Gasteiger partial charge >= 0.3 is 5.97 Å². The number of aromatic hydroxyl groups is 1. The van der Waals surface area contributed by atoms with Crippen LogP contribution in [0.15, 0.2) is 79.0 Å². The Morgan fingerprint density at radius 2 is 1.82 bits per heavy atom. The Hall–Kier alpha value is -5.18. The second kappa shape index (κ2) is 11.1. The van der Waals surface area contributed by atoms with Gasteiger partial charge in [-0.2, -0.15) is 0 Å². The molecule has 0 aliphatic rings. The van der Waals surface area contributed by atoms with Gasteiger partial charge in [-0.05, 0) is 72.6 Å². The lowest BCUT2D eigenvalue weighted by Crippen LogP contribution is -2.12.